The van der Waals surface area contributed by atoms with Gasteiger partial charge in [-0.2, -0.15) is 0 Å². The van der Waals surface area contributed by atoms with Crippen LogP contribution in [-0.4, -0.2) is 17.3 Å². The van der Waals surface area contributed by atoms with Crippen molar-refractivity contribution in [2.75, 3.05) is 0 Å². The SMILES string of the molecule is CC(C)C1(C(=O)[O-])C=C(NC(=O)c2ccccc2)C(F)=CC1Cl. The fourth-order valence-corrected chi connectivity index (χ4v) is 3.03. The molecule has 0 radical (unpaired) electrons. The van der Waals surface area contributed by atoms with E-state index in [9.17, 15) is 19.1 Å². The van der Waals surface area contributed by atoms with Crippen LogP contribution in [0.2, 0.25) is 0 Å². The van der Waals surface area contributed by atoms with Crippen molar-refractivity contribution in [2.45, 2.75) is 19.2 Å². The lowest BCUT2D eigenvalue weighted by molar-refractivity contribution is -0.318. The molecule has 1 amide bonds. The minimum absolute atomic E-state index is 0.214. The average molecular weight is 337 g/mol. The van der Waals surface area contributed by atoms with E-state index in [1.807, 2.05) is 0 Å². The summed E-state index contributed by atoms with van der Waals surface area (Å²) in [6, 6.07) is 8.23. The zero-order chi connectivity index (χ0) is 17.2. The Morgan fingerprint density at radius 2 is 1.91 bits per heavy atom. The highest BCUT2D eigenvalue weighted by atomic mass is 35.5. The summed E-state index contributed by atoms with van der Waals surface area (Å²) in [5.74, 6) is -3.18. The quantitative estimate of drug-likeness (QED) is 0.857. The molecule has 0 saturated heterocycles. The summed E-state index contributed by atoms with van der Waals surface area (Å²) in [5.41, 5.74) is -1.48. The van der Waals surface area contributed by atoms with Crippen molar-refractivity contribution in [3.63, 3.8) is 0 Å². The molecule has 1 aromatic rings. The first-order valence-electron chi connectivity index (χ1n) is 7.11. The van der Waals surface area contributed by atoms with Crippen molar-refractivity contribution >= 4 is 23.5 Å². The fraction of sp³-hybridized carbons (Fsp3) is 0.294. The van der Waals surface area contributed by atoms with E-state index in [2.05, 4.69) is 5.32 Å². The van der Waals surface area contributed by atoms with E-state index >= 15 is 0 Å². The van der Waals surface area contributed by atoms with E-state index in [1.165, 1.54) is 0 Å². The summed E-state index contributed by atoms with van der Waals surface area (Å²) in [6.07, 6.45) is 2.12. The Kier molecular flexibility index (Phi) is 4.90. The number of hydrogen-bond acceptors (Lipinski definition) is 3. The van der Waals surface area contributed by atoms with Crippen LogP contribution in [0.15, 0.2) is 54.0 Å². The van der Waals surface area contributed by atoms with Crippen LogP contribution >= 0.6 is 11.6 Å². The molecule has 0 heterocycles. The van der Waals surface area contributed by atoms with Gasteiger partial charge in [-0.3, -0.25) is 4.79 Å². The highest BCUT2D eigenvalue weighted by Gasteiger charge is 2.43. The lowest BCUT2D eigenvalue weighted by Gasteiger charge is -2.41. The molecular formula is C17H16ClFNO3-. The molecular weight excluding hydrogens is 321 g/mol. The van der Waals surface area contributed by atoms with Crippen molar-refractivity contribution in [1.82, 2.24) is 5.32 Å². The number of hydrogen-bond donors (Lipinski definition) is 1. The first-order chi connectivity index (χ1) is 10.8. The molecule has 0 fully saturated rings. The van der Waals surface area contributed by atoms with Gasteiger partial charge < -0.3 is 15.2 Å². The number of carbonyl (C=O) groups excluding carboxylic acids is 2. The molecule has 0 spiro atoms. The monoisotopic (exact) mass is 336 g/mol. The van der Waals surface area contributed by atoms with Crippen LogP contribution in [0.4, 0.5) is 4.39 Å². The van der Waals surface area contributed by atoms with Crippen molar-refractivity contribution in [3.05, 3.63) is 59.6 Å². The second-order valence-corrected chi connectivity index (χ2v) is 6.14. The van der Waals surface area contributed by atoms with Crippen molar-refractivity contribution in [2.24, 2.45) is 11.3 Å². The molecule has 2 unspecified atom stereocenters. The molecule has 0 bridgehead atoms. The van der Waals surface area contributed by atoms with Crippen LogP contribution in [-0.2, 0) is 4.79 Å². The Balaban J connectivity index is 2.38. The minimum Gasteiger partial charge on any atom is -0.549 e. The van der Waals surface area contributed by atoms with Gasteiger partial charge in [0.15, 0.2) is 0 Å². The zero-order valence-electron chi connectivity index (χ0n) is 12.7. The molecule has 0 saturated carbocycles. The Morgan fingerprint density at radius 3 is 2.43 bits per heavy atom. The van der Waals surface area contributed by atoms with Gasteiger partial charge in [0, 0.05) is 5.56 Å². The molecule has 1 aliphatic rings. The molecule has 1 N–H and O–H groups in total. The molecule has 1 aliphatic carbocycles. The smallest absolute Gasteiger partial charge is 0.255 e. The van der Waals surface area contributed by atoms with E-state index in [1.54, 1.807) is 44.2 Å². The largest absolute Gasteiger partial charge is 0.549 e. The van der Waals surface area contributed by atoms with Gasteiger partial charge in [-0.25, -0.2) is 4.39 Å². The summed E-state index contributed by atoms with van der Waals surface area (Å²) < 4.78 is 14.1. The maximum atomic E-state index is 14.1. The van der Waals surface area contributed by atoms with Crippen LogP contribution in [0.1, 0.15) is 24.2 Å². The number of alkyl halides is 1. The second kappa shape index (κ2) is 6.54. The van der Waals surface area contributed by atoms with E-state index < -0.39 is 34.4 Å². The van der Waals surface area contributed by atoms with Crippen LogP contribution in [0.25, 0.3) is 0 Å². The number of halogens is 2. The molecule has 2 rings (SSSR count). The Hall–Kier alpha value is -2.14. The number of carboxylic acids is 1. The molecule has 4 nitrogen and oxygen atoms in total. The third-order valence-corrected chi connectivity index (χ3v) is 4.47. The van der Waals surface area contributed by atoms with Gasteiger partial charge in [0.2, 0.25) is 0 Å². The van der Waals surface area contributed by atoms with Gasteiger partial charge >= 0.3 is 0 Å². The van der Waals surface area contributed by atoms with Gasteiger partial charge in [-0.05, 0) is 30.2 Å². The molecule has 0 aromatic heterocycles. The van der Waals surface area contributed by atoms with Gasteiger partial charge in [-0.1, -0.05) is 32.0 Å². The fourth-order valence-electron chi connectivity index (χ4n) is 2.52. The molecule has 0 aliphatic heterocycles. The predicted molar refractivity (Wildman–Crippen MR) is 83.1 cm³/mol. The van der Waals surface area contributed by atoms with Crippen LogP contribution in [0.3, 0.4) is 0 Å². The Bertz CT molecular complexity index is 684. The van der Waals surface area contributed by atoms with Crippen molar-refractivity contribution in [3.8, 4) is 0 Å². The molecule has 6 heteroatoms. The highest BCUT2D eigenvalue weighted by Crippen LogP contribution is 2.42. The van der Waals surface area contributed by atoms with E-state index in [0.29, 0.717) is 5.56 Å². The summed E-state index contributed by atoms with van der Waals surface area (Å²) in [4.78, 5) is 23.8. The standard InChI is InChI=1S/C17H17ClFNO3/c1-10(2)17(16(22)23)9-13(12(19)8-14(17)18)20-15(21)11-6-4-3-5-7-11/h3-10,14H,1-2H3,(H,20,21)(H,22,23)/p-1. The Labute approximate surface area is 138 Å². The van der Waals surface area contributed by atoms with Crippen molar-refractivity contribution in [1.29, 1.82) is 0 Å². The number of amides is 1. The lowest BCUT2D eigenvalue weighted by Crippen LogP contribution is -2.51. The first kappa shape index (κ1) is 17.2. The van der Waals surface area contributed by atoms with Gasteiger partial charge in [-0.15, -0.1) is 11.6 Å². The number of carboxylic acid groups (broad SMARTS) is 1. The lowest BCUT2D eigenvalue weighted by atomic mass is 9.71. The topological polar surface area (TPSA) is 69.2 Å². The maximum Gasteiger partial charge on any atom is 0.255 e. The number of nitrogens with one attached hydrogen (secondary N) is 1. The van der Waals surface area contributed by atoms with Crippen LogP contribution in [0, 0.1) is 11.3 Å². The summed E-state index contributed by atoms with van der Waals surface area (Å²) in [6.45, 7) is 3.30. The number of allylic oxidation sites excluding steroid dienone is 2. The number of benzene rings is 1. The summed E-state index contributed by atoms with van der Waals surface area (Å²) in [5, 5.41) is 12.9. The summed E-state index contributed by atoms with van der Waals surface area (Å²) in [7, 11) is 0. The zero-order valence-corrected chi connectivity index (χ0v) is 13.4. The Morgan fingerprint density at radius 1 is 1.30 bits per heavy atom. The first-order valence-corrected chi connectivity index (χ1v) is 7.55. The van der Waals surface area contributed by atoms with E-state index in [0.717, 1.165) is 12.2 Å². The number of carbonyl (C=O) groups is 2. The molecule has 122 valence electrons. The third kappa shape index (κ3) is 3.15. The predicted octanol–water partition coefficient (Wildman–Crippen LogP) is 2.17. The molecule has 1 aromatic carbocycles. The highest BCUT2D eigenvalue weighted by molar-refractivity contribution is 6.24. The molecule has 23 heavy (non-hydrogen) atoms. The van der Waals surface area contributed by atoms with E-state index in [-0.39, 0.29) is 5.70 Å². The van der Waals surface area contributed by atoms with Gasteiger partial charge in [0.1, 0.15) is 5.83 Å². The normalized spacial score (nSPS) is 24.0. The average Bonchev–Trinajstić information content (AvgIpc) is 2.50. The third-order valence-electron chi connectivity index (χ3n) is 3.98. The van der Waals surface area contributed by atoms with E-state index in [4.69, 9.17) is 11.6 Å². The maximum absolute atomic E-state index is 14.1. The number of aliphatic carboxylic acids is 1. The minimum atomic E-state index is -1.60. The van der Waals surface area contributed by atoms with Crippen LogP contribution < -0.4 is 10.4 Å². The number of rotatable bonds is 4. The van der Waals surface area contributed by atoms with Gasteiger partial charge in [0.05, 0.1) is 22.5 Å². The van der Waals surface area contributed by atoms with Crippen molar-refractivity contribution < 1.29 is 19.1 Å². The molecule has 2 atom stereocenters. The second-order valence-electron chi connectivity index (χ2n) is 5.67. The summed E-state index contributed by atoms with van der Waals surface area (Å²) >= 11 is 6.05. The van der Waals surface area contributed by atoms with Gasteiger partial charge in [0.25, 0.3) is 5.91 Å². The van der Waals surface area contributed by atoms with Crippen LogP contribution in [0.5, 0.6) is 0 Å².